The van der Waals surface area contributed by atoms with Crippen molar-refractivity contribution >= 4 is 41.2 Å². The monoisotopic (exact) mass is 652 g/mol. The third-order valence-electron chi connectivity index (χ3n) is 8.71. The van der Waals surface area contributed by atoms with Crippen molar-refractivity contribution in [2.24, 2.45) is 4.99 Å². The van der Waals surface area contributed by atoms with E-state index in [9.17, 15) is 14.7 Å². The Balaban J connectivity index is 1.76. The molecule has 0 aliphatic carbocycles. The number of aliphatic imine (C=N–C) groups is 1. The number of urea groups is 1. The molecule has 1 N–H and O–H groups in total. The quantitative estimate of drug-likeness (QED) is 0.325. The molecule has 2 aliphatic rings. The molecule has 0 radical (unpaired) electrons. The lowest BCUT2D eigenvalue weighted by Crippen LogP contribution is -2.61. The molecule has 2 atom stereocenters. The third kappa shape index (κ3) is 5.81. The molecule has 10 nitrogen and oxygen atoms in total. The van der Waals surface area contributed by atoms with Crippen LogP contribution in [-0.2, 0) is 16.5 Å². The second-order valence-electron chi connectivity index (χ2n) is 12.6. The number of hydrogen-bond donors (Lipinski definition) is 1. The van der Waals surface area contributed by atoms with Crippen molar-refractivity contribution in [3.63, 3.8) is 0 Å². The van der Waals surface area contributed by atoms with Gasteiger partial charge in [-0.2, -0.15) is 4.98 Å². The predicted molar refractivity (Wildman–Crippen MR) is 174 cm³/mol. The van der Waals surface area contributed by atoms with Gasteiger partial charge in [-0.25, -0.2) is 14.6 Å². The van der Waals surface area contributed by atoms with Crippen molar-refractivity contribution in [2.45, 2.75) is 58.0 Å². The summed E-state index contributed by atoms with van der Waals surface area (Å²) >= 11 is 12.7. The van der Waals surface area contributed by atoms with E-state index in [1.807, 2.05) is 77.9 Å². The SMILES string of the molecule is CCOc1nc(C(C)(C)C)ncc1C1=NC(C)(c2ccc(Cl)cc2)C(C)(c2ccc(Cl)cc2)N1C(=O)N1CCN(C(=O)O)CC1. The molecule has 1 fully saturated rings. The summed E-state index contributed by atoms with van der Waals surface area (Å²) in [5.41, 5.74) is -0.389. The van der Waals surface area contributed by atoms with Gasteiger partial charge in [-0.3, -0.25) is 9.89 Å². The van der Waals surface area contributed by atoms with Crippen LogP contribution in [0.3, 0.4) is 0 Å². The lowest BCUT2D eigenvalue weighted by molar-refractivity contribution is 0.0822. The van der Waals surface area contributed by atoms with E-state index in [0.29, 0.717) is 39.8 Å². The number of rotatable bonds is 5. The highest BCUT2D eigenvalue weighted by Crippen LogP contribution is 2.54. The van der Waals surface area contributed by atoms with Gasteiger partial charge in [0, 0.05) is 47.8 Å². The number of nitrogens with zero attached hydrogens (tertiary/aromatic N) is 6. The van der Waals surface area contributed by atoms with E-state index < -0.39 is 17.2 Å². The molecule has 1 saturated heterocycles. The highest BCUT2D eigenvalue weighted by molar-refractivity contribution is 6.30. The first kappa shape index (κ1) is 32.5. The maximum absolute atomic E-state index is 14.9. The van der Waals surface area contributed by atoms with Gasteiger partial charge in [0.05, 0.1) is 12.2 Å². The van der Waals surface area contributed by atoms with E-state index in [2.05, 4.69) is 0 Å². The number of carbonyl (C=O) groups excluding carboxylic acids is 1. The molecule has 2 aliphatic heterocycles. The molecule has 3 heterocycles. The van der Waals surface area contributed by atoms with Crippen LogP contribution in [-0.4, -0.2) is 80.5 Å². The summed E-state index contributed by atoms with van der Waals surface area (Å²) in [6.07, 6.45) is 0.667. The number of halogens is 2. The Kier molecular flexibility index (Phi) is 8.76. The van der Waals surface area contributed by atoms with Crippen LogP contribution < -0.4 is 4.74 Å². The van der Waals surface area contributed by atoms with Crippen molar-refractivity contribution in [1.29, 1.82) is 0 Å². The fraction of sp³-hybridized carbons (Fsp3) is 0.424. The van der Waals surface area contributed by atoms with Gasteiger partial charge >= 0.3 is 12.1 Å². The Labute approximate surface area is 273 Å². The predicted octanol–water partition coefficient (Wildman–Crippen LogP) is 6.79. The molecular formula is C33H38Cl2N6O4. The van der Waals surface area contributed by atoms with Crippen LogP contribution in [0.1, 0.15) is 64.1 Å². The van der Waals surface area contributed by atoms with Crippen molar-refractivity contribution in [3.05, 3.63) is 87.3 Å². The van der Waals surface area contributed by atoms with Gasteiger partial charge in [0.1, 0.15) is 22.7 Å². The van der Waals surface area contributed by atoms with Crippen molar-refractivity contribution in [2.75, 3.05) is 32.8 Å². The molecule has 5 rings (SSSR count). The zero-order chi connectivity index (χ0) is 32.7. The van der Waals surface area contributed by atoms with Crippen LogP contribution in [0.2, 0.25) is 10.0 Å². The second kappa shape index (κ2) is 12.1. The molecule has 45 heavy (non-hydrogen) atoms. The average molecular weight is 654 g/mol. The van der Waals surface area contributed by atoms with Crippen LogP contribution in [0, 0.1) is 0 Å². The molecule has 0 spiro atoms. The minimum atomic E-state index is -1.10. The Morgan fingerprint density at radius 1 is 0.911 bits per heavy atom. The first-order chi connectivity index (χ1) is 21.2. The van der Waals surface area contributed by atoms with Crippen molar-refractivity contribution < 1.29 is 19.4 Å². The number of amides is 3. The van der Waals surface area contributed by atoms with Gasteiger partial charge < -0.3 is 19.6 Å². The standard InChI is InChI=1S/C33H38Cl2N6O4/c1-7-45-27-25(20-36-28(37-27)31(2,3)4)26-38-32(5,21-8-12-23(34)13-9-21)33(6,22-10-14-24(35)15-11-22)41(26)29(42)39-16-18-40(19-17-39)30(43)44/h8-15,20H,7,16-19H2,1-6H3,(H,43,44). The van der Waals surface area contributed by atoms with Gasteiger partial charge in [0.2, 0.25) is 5.88 Å². The number of piperazine rings is 1. The molecule has 12 heteroatoms. The van der Waals surface area contributed by atoms with Crippen LogP contribution in [0.4, 0.5) is 9.59 Å². The lowest BCUT2D eigenvalue weighted by atomic mass is 9.71. The molecule has 2 unspecified atom stereocenters. The second-order valence-corrected chi connectivity index (χ2v) is 13.4. The largest absolute Gasteiger partial charge is 0.477 e. The Morgan fingerprint density at radius 3 is 1.96 bits per heavy atom. The summed E-state index contributed by atoms with van der Waals surface area (Å²) in [5, 5.41) is 10.7. The Hall–Kier alpha value is -3.89. The van der Waals surface area contributed by atoms with E-state index in [4.69, 9.17) is 42.9 Å². The van der Waals surface area contributed by atoms with Gasteiger partial charge in [-0.1, -0.05) is 68.2 Å². The molecular weight excluding hydrogens is 615 g/mol. The molecule has 3 amide bonds. The fourth-order valence-electron chi connectivity index (χ4n) is 5.93. The summed E-state index contributed by atoms with van der Waals surface area (Å²) in [4.78, 5) is 46.1. The smallest absolute Gasteiger partial charge is 0.407 e. The molecule has 3 aromatic rings. The Bertz CT molecular complexity index is 1620. The van der Waals surface area contributed by atoms with E-state index in [-0.39, 0.29) is 37.6 Å². The molecule has 238 valence electrons. The number of carboxylic acid groups (broad SMARTS) is 1. The highest BCUT2D eigenvalue weighted by Gasteiger charge is 2.60. The van der Waals surface area contributed by atoms with Crippen LogP contribution in [0.25, 0.3) is 0 Å². The summed E-state index contributed by atoms with van der Waals surface area (Å²) in [6, 6.07) is 14.5. The van der Waals surface area contributed by atoms with Crippen LogP contribution >= 0.6 is 23.2 Å². The number of hydrogen-bond acceptors (Lipinski definition) is 6. The zero-order valence-corrected chi connectivity index (χ0v) is 27.9. The summed E-state index contributed by atoms with van der Waals surface area (Å²) in [7, 11) is 0. The minimum absolute atomic E-state index is 0.196. The van der Waals surface area contributed by atoms with Crippen molar-refractivity contribution in [3.8, 4) is 5.88 Å². The summed E-state index contributed by atoms with van der Waals surface area (Å²) in [5.74, 6) is 1.26. The van der Waals surface area contributed by atoms with E-state index >= 15 is 0 Å². The molecule has 0 bridgehead atoms. The summed E-state index contributed by atoms with van der Waals surface area (Å²) in [6.45, 7) is 13.1. The lowest BCUT2D eigenvalue weighted by Gasteiger charge is -2.47. The third-order valence-corrected chi connectivity index (χ3v) is 9.21. The Morgan fingerprint density at radius 2 is 1.44 bits per heavy atom. The topological polar surface area (TPSA) is 111 Å². The highest BCUT2D eigenvalue weighted by atomic mass is 35.5. The molecule has 0 saturated carbocycles. The maximum Gasteiger partial charge on any atom is 0.407 e. The van der Waals surface area contributed by atoms with Gasteiger partial charge in [-0.05, 0) is 56.2 Å². The van der Waals surface area contributed by atoms with E-state index in [1.54, 1.807) is 28.1 Å². The number of benzene rings is 2. The van der Waals surface area contributed by atoms with Gasteiger partial charge in [0.25, 0.3) is 0 Å². The number of amidine groups is 1. The maximum atomic E-state index is 14.9. The normalized spacial score (nSPS) is 22.0. The minimum Gasteiger partial charge on any atom is -0.477 e. The molecule has 2 aromatic carbocycles. The fourth-order valence-corrected chi connectivity index (χ4v) is 6.18. The van der Waals surface area contributed by atoms with E-state index in [1.165, 1.54) is 4.90 Å². The van der Waals surface area contributed by atoms with Crippen LogP contribution in [0.15, 0.2) is 59.7 Å². The van der Waals surface area contributed by atoms with Gasteiger partial charge in [-0.15, -0.1) is 0 Å². The first-order valence-corrected chi connectivity index (χ1v) is 15.7. The van der Waals surface area contributed by atoms with Crippen molar-refractivity contribution in [1.82, 2.24) is 24.7 Å². The van der Waals surface area contributed by atoms with E-state index in [0.717, 1.165) is 11.1 Å². The number of aromatic nitrogens is 2. The molecule has 1 aromatic heterocycles. The number of ether oxygens (including phenoxy) is 1. The zero-order valence-electron chi connectivity index (χ0n) is 26.3. The first-order valence-electron chi connectivity index (χ1n) is 14.9. The van der Waals surface area contributed by atoms with Crippen LogP contribution in [0.5, 0.6) is 5.88 Å². The average Bonchev–Trinajstić information content (AvgIpc) is 3.25. The van der Waals surface area contributed by atoms with Gasteiger partial charge in [0.15, 0.2) is 0 Å². The number of carbonyl (C=O) groups is 2. The summed E-state index contributed by atoms with van der Waals surface area (Å²) < 4.78 is 6.09.